The van der Waals surface area contributed by atoms with Gasteiger partial charge in [0.25, 0.3) is 0 Å². The molecule has 80 valence electrons. The molecule has 0 saturated carbocycles. The van der Waals surface area contributed by atoms with Crippen molar-refractivity contribution in [2.24, 2.45) is 5.84 Å². The molecule has 2 rings (SSSR count). The normalized spacial score (nSPS) is 10.6. The lowest BCUT2D eigenvalue weighted by atomic mass is 10.1. The lowest BCUT2D eigenvalue weighted by molar-refractivity contribution is 1.35. The van der Waals surface area contributed by atoms with Gasteiger partial charge >= 0.3 is 0 Å². The van der Waals surface area contributed by atoms with Crippen molar-refractivity contribution in [2.75, 3.05) is 5.43 Å². The van der Waals surface area contributed by atoms with Crippen LogP contribution in [0, 0.1) is 0 Å². The van der Waals surface area contributed by atoms with E-state index >= 15 is 0 Å². The molecule has 0 radical (unpaired) electrons. The first-order chi connectivity index (χ1) is 7.90. The molecule has 0 fully saturated rings. The van der Waals surface area contributed by atoms with Crippen LogP contribution in [-0.4, -0.2) is 0 Å². The van der Waals surface area contributed by atoms with E-state index < -0.39 is 0 Å². The van der Waals surface area contributed by atoms with Gasteiger partial charge < -0.3 is 5.43 Å². The number of nitrogens with one attached hydrogen (secondary N) is 1. The SMILES string of the molecule is NNc1ccccc1/C=C/c1ccccc1. The van der Waals surface area contributed by atoms with Gasteiger partial charge in [0.15, 0.2) is 0 Å². The van der Waals surface area contributed by atoms with E-state index in [0.29, 0.717) is 0 Å². The molecule has 0 spiro atoms. The zero-order valence-electron chi connectivity index (χ0n) is 8.93. The molecule has 0 aliphatic heterocycles. The standard InChI is InChI=1S/C14H14N2/c15-16-14-9-5-4-8-13(14)11-10-12-6-2-1-3-7-12/h1-11,16H,15H2/b11-10+. The molecule has 0 saturated heterocycles. The minimum Gasteiger partial charge on any atom is -0.324 e. The van der Waals surface area contributed by atoms with E-state index in [2.05, 4.69) is 23.6 Å². The van der Waals surface area contributed by atoms with Crippen LogP contribution in [0.3, 0.4) is 0 Å². The van der Waals surface area contributed by atoms with Gasteiger partial charge in [-0.1, -0.05) is 60.7 Å². The average molecular weight is 210 g/mol. The third-order valence-corrected chi connectivity index (χ3v) is 2.37. The fourth-order valence-corrected chi connectivity index (χ4v) is 1.52. The lowest BCUT2D eigenvalue weighted by Crippen LogP contribution is -2.07. The number of hydrazine groups is 1. The van der Waals surface area contributed by atoms with Gasteiger partial charge in [-0.25, -0.2) is 0 Å². The third kappa shape index (κ3) is 2.49. The molecule has 2 aromatic carbocycles. The molecular weight excluding hydrogens is 196 g/mol. The monoisotopic (exact) mass is 210 g/mol. The molecule has 16 heavy (non-hydrogen) atoms. The Morgan fingerprint density at radius 2 is 1.50 bits per heavy atom. The first kappa shape index (κ1) is 10.5. The molecular formula is C14H14N2. The Labute approximate surface area is 95.4 Å². The second kappa shape index (κ2) is 5.14. The van der Waals surface area contributed by atoms with Crippen LogP contribution < -0.4 is 11.3 Å². The zero-order valence-corrected chi connectivity index (χ0v) is 8.93. The Bertz CT molecular complexity index is 475. The number of para-hydroxylation sites is 1. The predicted octanol–water partition coefficient (Wildman–Crippen LogP) is 3.14. The summed E-state index contributed by atoms with van der Waals surface area (Å²) < 4.78 is 0. The summed E-state index contributed by atoms with van der Waals surface area (Å²) in [4.78, 5) is 0. The Hall–Kier alpha value is -2.06. The van der Waals surface area contributed by atoms with E-state index in [-0.39, 0.29) is 0 Å². The maximum absolute atomic E-state index is 5.44. The molecule has 0 amide bonds. The summed E-state index contributed by atoms with van der Waals surface area (Å²) in [5, 5.41) is 0. The van der Waals surface area contributed by atoms with Crippen molar-refractivity contribution in [3.05, 3.63) is 65.7 Å². The second-order valence-corrected chi connectivity index (χ2v) is 3.48. The van der Waals surface area contributed by atoms with Crippen molar-refractivity contribution >= 4 is 17.8 Å². The van der Waals surface area contributed by atoms with Gasteiger partial charge in [0, 0.05) is 0 Å². The van der Waals surface area contributed by atoms with Crippen LogP contribution in [0.4, 0.5) is 5.69 Å². The Balaban J connectivity index is 2.24. The van der Waals surface area contributed by atoms with Gasteiger partial charge in [-0.3, -0.25) is 5.84 Å². The van der Waals surface area contributed by atoms with Crippen molar-refractivity contribution in [1.82, 2.24) is 0 Å². The summed E-state index contributed by atoms with van der Waals surface area (Å²) in [6, 6.07) is 18.1. The number of benzene rings is 2. The van der Waals surface area contributed by atoms with Crippen LogP contribution in [-0.2, 0) is 0 Å². The van der Waals surface area contributed by atoms with Gasteiger partial charge in [0.2, 0.25) is 0 Å². The van der Waals surface area contributed by atoms with Crippen molar-refractivity contribution in [3.8, 4) is 0 Å². The van der Waals surface area contributed by atoms with Gasteiger partial charge in [-0.2, -0.15) is 0 Å². The summed E-state index contributed by atoms with van der Waals surface area (Å²) in [6.45, 7) is 0. The number of hydrogen-bond acceptors (Lipinski definition) is 2. The maximum Gasteiger partial charge on any atom is 0.0557 e. The van der Waals surface area contributed by atoms with Crippen molar-refractivity contribution in [3.63, 3.8) is 0 Å². The van der Waals surface area contributed by atoms with E-state index in [0.717, 1.165) is 11.3 Å². The smallest absolute Gasteiger partial charge is 0.0557 e. The highest BCUT2D eigenvalue weighted by molar-refractivity contribution is 5.76. The first-order valence-corrected chi connectivity index (χ1v) is 5.19. The van der Waals surface area contributed by atoms with Crippen molar-refractivity contribution < 1.29 is 0 Å². The number of nitrogen functional groups attached to an aromatic ring is 1. The Morgan fingerprint density at radius 3 is 2.25 bits per heavy atom. The summed E-state index contributed by atoms with van der Waals surface area (Å²) in [5.41, 5.74) is 5.86. The van der Waals surface area contributed by atoms with E-state index in [9.17, 15) is 0 Å². The molecule has 0 aliphatic rings. The fraction of sp³-hybridized carbons (Fsp3) is 0. The fourth-order valence-electron chi connectivity index (χ4n) is 1.52. The first-order valence-electron chi connectivity index (χ1n) is 5.19. The molecule has 0 aromatic heterocycles. The van der Waals surface area contributed by atoms with Gasteiger partial charge in [0.05, 0.1) is 5.69 Å². The zero-order chi connectivity index (χ0) is 11.2. The van der Waals surface area contributed by atoms with Gasteiger partial charge in [-0.05, 0) is 17.2 Å². The van der Waals surface area contributed by atoms with Crippen LogP contribution in [0.2, 0.25) is 0 Å². The largest absolute Gasteiger partial charge is 0.324 e. The van der Waals surface area contributed by atoms with Crippen LogP contribution in [0.1, 0.15) is 11.1 Å². The number of rotatable bonds is 3. The van der Waals surface area contributed by atoms with Crippen LogP contribution in [0.15, 0.2) is 54.6 Å². The average Bonchev–Trinajstić information content (AvgIpc) is 2.38. The Kier molecular flexibility index (Phi) is 3.36. The highest BCUT2D eigenvalue weighted by atomic mass is 15.2. The molecule has 2 aromatic rings. The molecule has 0 aliphatic carbocycles. The van der Waals surface area contributed by atoms with Gasteiger partial charge in [0.1, 0.15) is 0 Å². The predicted molar refractivity (Wildman–Crippen MR) is 69.6 cm³/mol. The van der Waals surface area contributed by atoms with E-state index in [1.807, 2.05) is 48.5 Å². The molecule has 0 bridgehead atoms. The molecule has 0 unspecified atom stereocenters. The highest BCUT2D eigenvalue weighted by Gasteiger charge is 1.94. The second-order valence-electron chi connectivity index (χ2n) is 3.48. The van der Waals surface area contributed by atoms with Crippen LogP contribution in [0.25, 0.3) is 12.2 Å². The number of hydrogen-bond donors (Lipinski definition) is 2. The van der Waals surface area contributed by atoms with E-state index in [4.69, 9.17) is 5.84 Å². The molecule has 2 heteroatoms. The van der Waals surface area contributed by atoms with E-state index in [1.54, 1.807) is 0 Å². The molecule has 3 N–H and O–H groups in total. The third-order valence-electron chi connectivity index (χ3n) is 2.37. The number of nitrogens with two attached hydrogens (primary N) is 1. The van der Waals surface area contributed by atoms with Crippen LogP contribution in [0.5, 0.6) is 0 Å². The number of anilines is 1. The van der Waals surface area contributed by atoms with Gasteiger partial charge in [-0.15, -0.1) is 0 Å². The highest BCUT2D eigenvalue weighted by Crippen LogP contribution is 2.16. The topological polar surface area (TPSA) is 38.0 Å². The maximum atomic E-state index is 5.44. The minimum absolute atomic E-state index is 0.926. The summed E-state index contributed by atoms with van der Waals surface area (Å²) in [7, 11) is 0. The van der Waals surface area contributed by atoms with Crippen LogP contribution >= 0.6 is 0 Å². The molecule has 0 heterocycles. The summed E-state index contributed by atoms with van der Waals surface area (Å²) in [6.07, 6.45) is 4.11. The van der Waals surface area contributed by atoms with Crippen molar-refractivity contribution in [1.29, 1.82) is 0 Å². The summed E-state index contributed by atoms with van der Waals surface area (Å²) >= 11 is 0. The molecule has 2 nitrogen and oxygen atoms in total. The lowest BCUT2D eigenvalue weighted by Gasteiger charge is -2.03. The van der Waals surface area contributed by atoms with Crippen molar-refractivity contribution in [2.45, 2.75) is 0 Å². The molecule has 0 atom stereocenters. The quantitative estimate of drug-likeness (QED) is 0.464. The van der Waals surface area contributed by atoms with E-state index in [1.165, 1.54) is 5.56 Å². The summed E-state index contributed by atoms with van der Waals surface area (Å²) in [5.74, 6) is 5.44. The minimum atomic E-state index is 0.926. The Morgan fingerprint density at radius 1 is 0.812 bits per heavy atom.